The second-order valence-corrected chi connectivity index (χ2v) is 6.95. The van der Waals surface area contributed by atoms with Crippen LogP contribution in [0.4, 0.5) is 4.39 Å². The summed E-state index contributed by atoms with van der Waals surface area (Å²) in [7, 11) is -3.34. The minimum Gasteiger partial charge on any atom is -0.228 e. The van der Waals surface area contributed by atoms with Crippen LogP contribution in [0.2, 0.25) is 0 Å². The van der Waals surface area contributed by atoms with Gasteiger partial charge < -0.3 is 0 Å². The largest absolute Gasteiger partial charge is 0.228 e. The highest BCUT2D eigenvalue weighted by Gasteiger charge is 2.13. The first kappa shape index (κ1) is 15.0. The van der Waals surface area contributed by atoms with Crippen LogP contribution in [0, 0.1) is 5.82 Å². The van der Waals surface area contributed by atoms with Crippen molar-refractivity contribution in [2.45, 2.75) is 17.4 Å². The van der Waals surface area contributed by atoms with Crippen molar-refractivity contribution in [2.24, 2.45) is 0 Å². The van der Waals surface area contributed by atoms with Gasteiger partial charge in [-0.2, -0.15) is 0 Å². The molecular formula is C15H14ClFO2S. The molecule has 0 heterocycles. The zero-order chi connectivity index (χ0) is 14.6. The third-order valence-corrected chi connectivity index (χ3v) is 4.66. The van der Waals surface area contributed by atoms with E-state index in [2.05, 4.69) is 0 Å². The molecule has 0 aliphatic rings. The fraction of sp³-hybridized carbons (Fsp3) is 0.200. The van der Waals surface area contributed by atoms with Gasteiger partial charge >= 0.3 is 0 Å². The Morgan fingerprint density at radius 2 is 1.45 bits per heavy atom. The number of sulfone groups is 1. The third kappa shape index (κ3) is 4.32. The lowest BCUT2D eigenvalue weighted by atomic mass is 10.2. The van der Waals surface area contributed by atoms with Gasteiger partial charge in [-0.05, 0) is 28.8 Å². The van der Waals surface area contributed by atoms with Crippen LogP contribution in [-0.2, 0) is 27.2 Å². The lowest BCUT2D eigenvalue weighted by Crippen LogP contribution is -2.08. The molecule has 0 aliphatic carbocycles. The monoisotopic (exact) mass is 312 g/mol. The smallest absolute Gasteiger partial charge is 0.158 e. The summed E-state index contributed by atoms with van der Waals surface area (Å²) in [4.78, 5) is 0. The highest BCUT2D eigenvalue weighted by molar-refractivity contribution is 7.89. The summed E-state index contributed by atoms with van der Waals surface area (Å²) in [6.45, 7) is 0. The molecule has 2 rings (SSSR count). The summed E-state index contributed by atoms with van der Waals surface area (Å²) >= 11 is 5.73. The Kier molecular flexibility index (Phi) is 4.78. The third-order valence-electron chi connectivity index (χ3n) is 2.81. The van der Waals surface area contributed by atoms with Crippen LogP contribution < -0.4 is 0 Å². The molecule has 0 saturated heterocycles. The Morgan fingerprint density at radius 1 is 0.900 bits per heavy atom. The van der Waals surface area contributed by atoms with Crippen LogP contribution in [-0.4, -0.2) is 8.42 Å². The zero-order valence-corrected chi connectivity index (χ0v) is 12.3. The molecule has 0 spiro atoms. The van der Waals surface area contributed by atoms with Crippen LogP contribution in [0.1, 0.15) is 16.7 Å². The van der Waals surface area contributed by atoms with Gasteiger partial charge in [0.2, 0.25) is 0 Å². The van der Waals surface area contributed by atoms with Crippen molar-refractivity contribution in [3.8, 4) is 0 Å². The van der Waals surface area contributed by atoms with Crippen molar-refractivity contribution in [1.82, 2.24) is 0 Å². The van der Waals surface area contributed by atoms with E-state index in [0.717, 1.165) is 5.56 Å². The topological polar surface area (TPSA) is 34.1 Å². The standard InChI is InChI=1S/C15H14ClFO2S/c16-9-12-3-1-4-13(7-12)10-20(18,19)11-14-5-2-6-15(17)8-14/h1-8H,9-11H2. The molecule has 0 amide bonds. The first-order chi connectivity index (χ1) is 9.48. The average Bonchev–Trinajstić information content (AvgIpc) is 2.37. The minimum absolute atomic E-state index is 0.0752. The number of benzene rings is 2. The van der Waals surface area contributed by atoms with Crippen molar-refractivity contribution < 1.29 is 12.8 Å². The molecule has 0 fully saturated rings. The van der Waals surface area contributed by atoms with E-state index in [-0.39, 0.29) is 11.5 Å². The van der Waals surface area contributed by atoms with E-state index in [1.54, 1.807) is 24.3 Å². The number of hydrogen-bond donors (Lipinski definition) is 0. The molecule has 5 heteroatoms. The van der Waals surface area contributed by atoms with Crippen LogP contribution in [0.15, 0.2) is 48.5 Å². The Labute approximate surface area is 123 Å². The molecular weight excluding hydrogens is 299 g/mol. The minimum atomic E-state index is -3.34. The Balaban J connectivity index is 2.14. The van der Waals surface area contributed by atoms with Gasteiger partial charge in [0.25, 0.3) is 0 Å². The molecule has 0 aliphatic heterocycles. The number of hydrogen-bond acceptors (Lipinski definition) is 2. The maximum Gasteiger partial charge on any atom is 0.158 e. The number of alkyl halides is 1. The van der Waals surface area contributed by atoms with E-state index in [9.17, 15) is 12.8 Å². The molecule has 0 aromatic heterocycles. The Hall–Kier alpha value is -1.39. The van der Waals surface area contributed by atoms with E-state index < -0.39 is 15.7 Å². The Bertz CT molecular complexity index is 699. The zero-order valence-electron chi connectivity index (χ0n) is 10.7. The first-order valence-corrected chi connectivity index (χ1v) is 8.43. The maximum atomic E-state index is 13.1. The fourth-order valence-electron chi connectivity index (χ4n) is 1.99. The molecule has 0 unspecified atom stereocenters. The van der Waals surface area contributed by atoms with Crippen molar-refractivity contribution in [3.63, 3.8) is 0 Å². The van der Waals surface area contributed by atoms with E-state index in [1.807, 2.05) is 6.07 Å². The average molecular weight is 313 g/mol. The second kappa shape index (κ2) is 6.37. The predicted molar refractivity (Wildman–Crippen MR) is 78.7 cm³/mol. The van der Waals surface area contributed by atoms with Gasteiger partial charge in [0.1, 0.15) is 5.82 Å². The summed E-state index contributed by atoms with van der Waals surface area (Å²) in [5.74, 6) is -0.330. The van der Waals surface area contributed by atoms with Crippen LogP contribution in [0.25, 0.3) is 0 Å². The van der Waals surface area contributed by atoms with Gasteiger partial charge in [0.05, 0.1) is 11.5 Å². The van der Waals surface area contributed by atoms with Gasteiger partial charge in [-0.25, -0.2) is 12.8 Å². The van der Waals surface area contributed by atoms with Crippen molar-refractivity contribution >= 4 is 21.4 Å². The normalized spacial score (nSPS) is 11.5. The van der Waals surface area contributed by atoms with E-state index >= 15 is 0 Å². The van der Waals surface area contributed by atoms with Crippen LogP contribution in [0.5, 0.6) is 0 Å². The van der Waals surface area contributed by atoms with Gasteiger partial charge in [-0.15, -0.1) is 11.6 Å². The van der Waals surface area contributed by atoms with E-state index in [4.69, 9.17) is 11.6 Å². The summed E-state index contributed by atoms with van der Waals surface area (Å²) in [6.07, 6.45) is 0. The molecule has 0 saturated carbocycles. The lowest BCUT2D eigenvalue weighted by molar-refractivity contribution is 0.594. The van der Waals surface area contributed by atoms with Crippen molar-refractivity contribution in [2.75, 3.05) is 0 Å². The van der Waals surface area contributed by atoms with E-state index in [0.29, 0.717) is 17.0 Å². The molecule has 0 N–H and O–H groups in total. The quantitative estimate of drug-likeness (QED) is 0.789. The molecule has 2 aromatic carbocycles. The first-order valence-electron chi connectivity index (χ1n) is 6.07. The summed E-state index contributed by atoms with van der Waals surface area (Å²) < 4.78 is 37.3. The van der Waals surface area contributed by atoms with Crippen molar-refractivity contribution in [1.29, 1.82) is 0 Å². The highest BCUT2D eigenvalue weighted by Crippen LogP contribution is 2.15. The number of halogens is 2. The molecule has 20 heavy (non-hydrogen) atoms. The molecule has 0 radical (unpaired) electrons. The maximum absolute atomic E-state index is 13.1. The highest BCUT2D eigenvalue weighted by atomic mass is 35.5. The van der Waals surface area contributed by atoms with Gasteiger partial charge in [0, 0.05) is 5.88 Å². The molecule has 2 aromatic rings. The Morgan fingerprint density at radius 3 is 2.05 bits per heavy atom. The summed E-state index contributed by atoms with van der Waals surface area (Å²) in [6, 6.07) is 12.8. The van der Waals surface area contributed by atoms with Gasteiger partial charge in [-0.3, -0.25) is 0 Å². The van der Waals surface area contributed by atoms with Gasteiger partial charge in [0.15, 0.2) is 9.84 Å². The van der Waals surface area contributed by atoms with Gasteiger partial charge in [-0.1, -0.05) is 36.4 Å². The van der Waals surface area contributed by atoms with Crippen molar-refractivity contribution in [3.05, 3.63) is 71.0 Å². The number of rotatable bonds is 5. The molecule has 0 bridgehead atoms. The van der Waals surface area contributed by atoms with Crippen LogP contribution in [0.3, 0.4) is 0 Å². The lowest BCUT2D eigenvalue weighted by Gasteiger charge is -2.06. The predicted octanol–water partition coefficient (Wildman–Crippen LogP) is 3.68. The SMILES string of the molecule is O=S(=O)(Cc1cccc(F)c1)Cc1cccc(CCl)c1. The second-order valence-electron chi connectivity index (χ2n) is 4.62. The fourth-order valence-corrected chi connectivity index (χ4v) is 3.63. The summed E-state index contributed by atoms with van der Waals surface area (Å²) in [5.41, 5.74) is 2.03. The molecule has 0 atom stereocenters. The summed E-state index contributed by atoms with van der Waals surface area (Å²) in [5, 5.41) is 0. The molecule has 2 nitrogen and oxygen atoms in total. The van der Waals surface area contributed by atoms with Crippen LogP contribution >= 0.6 is 11.6 Å². The van der Waals surface area contributed by atoms with E-state index in [1.165, 1.54) is 18.2 Å². The molecule has 106 valence electrons.